The van der Waals surface area contributed by atoms with Gasteiger partial charge in [0.2, 0.25) is 17.7 Å². The Labute approximate surface area is 215 Å². The minimum atomic E-state index is -0.275. The SMILES string of the molecule is CCC(C)C(=O)C1CCC(NC(=O)CCOCCOCCOCCNC(=O)[C@H]2CC(=O)N(C)C2)CC1. The van der Waals surface area contributed by atoms with Crippen LogP contribution in [0.4, 0.5) is 0 Å². The summed E-state index contributed by atoms with van der Waals surface area (Å²) in [6.45, 7) is 7.29. The third kappa shape index (κ3) is 10.9. The number of ether oxygens (including phenoxy) is 3. The van der Waals surface area contributed by atoms with Crippen molar-refractivity contribution in [3.8, 4) is 0 Å². The van der Waals surface area contributed by atoms with E-state index in [0.29, 0.717) is 64.9 Å². The summed E-state index contributed by atoms with van der Waals surface area (Å²) in [5.74, 6) is 0.260. The fourth-order valence-electron chi connectivity index (χ4n) is 4.56. The van der Waals surface area contributed by atoms with Gasteiger partial charge in [-0.25, -0.2) is 0 Å². The van der Waals surface area contributed by atoms with Crippen molar-refractivity contribution >= 4 is 23.5 Å². The zero-order chi connectivity index (χ0) is 26.3. The third-order valence-corrected chi connectivity index (χ3v) is 7.07. The summed E-state index contributed by atoms with van der Waals surface area (Å²) in [4.78, 5) is 49.5. The molecule has 1 heterocycles. The molecule has 36 heavy (non-hydrogen) atoms. The average molecular weight is 512 g/mol. The number of ketones is 1. The molecule has 206 valence electrons. The Kier molecular flexibility index (Phi) is 14.0. The van der Waals surface area contributed by atoms with Gasteiger partial charge >= 0.3 is 0 Å². The van der Waals surface area contributed by atoms with E-state index in [4.69, 9.17) is 14.2 Å². The van der Waals surface area contributed by atoms with Crippen molar-refractivity contribution in [3.63, 3.8) is 0 Å². The molecule has 2 N–H and O–H groups in total. The second-order valence-corrected chi connectivity index (χ2v) is 9.88. The molecule has 2 aliphatic rings. The molecule has 3 amide bonds. The highest BCUT2D eigenvalue weighted by Crippen LogP contribution is 2.28. The van der Waals surface area contributed by atoms with E-state index >= 15 is 0 Å². The number of amides is 3. The van der Waals surface area contributed by atoms with Crippen LogP contribution in [0.5, 0.6) is 0 Å². The van der Waals surface area contributed by atoms with Crippen LogP contribution in [0.1, 0.15) is 58.8 Å². The molecule has 1 aliphatic heterocycles. The number of rotatable bonds is 17. The van der Waals surface area contributed by atoms with Gasteiger partial charge in [-0.2, -0.15) is 0 Å². The lowest BCUT2D eigenvalue weighted by Gasteiger charge is -2.29. The minimum absolute atomic E-state index is 0.000386. The second kappa shape index (κ2) is 16.7. The topological polar surface area (TPSA) is 123 Å². The maximum absolute atomic E-state index is 12.3. The normalized spacial score (nSPS) is 22.9. The number of carbonyl (C=O) groups is 4. The Morgan fingerprint density at radius 2 is 1.56 bits per heavy atom. The van der Waals surface area contributed by atoms with E-state index in [9.17, 15) is 19.2 Å². The summed E-state index contributed by atoms with van der Waals surface area (Å²) < 4.78 is 16.3. The van der Waals surface area contributed by atoms with Crippen LogP contribution in [-0.4, -0.2) is 94.2 Å². The van der Waals surface area contributed by atoms with Crippen LogP contribution in [0.15, 0.2) is 0 Å². The van der Waals surface area contributed by atoms with Gasteiger partial charge < -0.3 is 29.7 Å². The summed E-state index contributed by atoms with van der Waals surface area (Å²) in [5.41, 5.74) is 0. The predicted molar refractivity (Wildman–Crippen MR) is 134 cm³/mol. The molecule has 1 saturated heterocycles. The molecule has 0 aromatic rings. The van der Waals surface area contributed by atoms with Crippen LogP contribution in [0.3, 0.4) is 0 Å². The molecule has 2 rings (SSSR count). The summed E-state index contributed by atoms with van der Waals surface area (Å²) in [7, 11) is 1.70. The molecular weight excluding hydrogens is 466 g/mol. The third-order valence-electron chi connectivity index (χ3n) is 7.07. The summed E-state index contributed by atoms with van der Waals surface area (Å²) >= 11 is 0. The first kappa shape index (κ1) is 30.2. The lowest BCUT2D eigenvalue weighted by Crippen LogP contribution is -2.39. The van der Waals surface area contributed by atoms with Crippen molar-refractivity contribution < 1.29 is 33.4 Å². The highest BCUT2D eigenvalue weighted by molar-refractivity contribution is 5.89. The largest absolute Gasteiger partial charge is 0.379 e. The van der Waals surface area contributed by atoms with Gasteiger partial charge in [0.1, 0.15) is 5.78 Å². The van der Waals surface area contributed by atoms with E-state index < -0.39 is 0 Å². The number of likely N-dealkylation sites (tertiary alicyclic amines) is 1. The fraction of sp³-hybridized carbons (Fsp3) is 0.846. The predicted octanol–water partition coefficient (Wildman–Crippen LogP) is 1.31. The van der Waals surface area contributed by atoms with Crippen molar-refractivity contribution in [3.05, 3.63) is 0 Å². The number of carbonyl (C=O) groups excluding carboxylic acids is 4. The lowest BCUT2D eigenvalue weighted by atomic mass is 9.79. The van der Waals surface area contributed by atoms with Gasteiger partial charge in [0, 0.05) is 50.9 Å². The summed E-state index contributed by atoms with van der Waals surface area (Å²) in [5, 5.41) is 5.85. The molecule has 10 heteroatoms. The van der Waals surface area contributed by atoms with E-state index in [1.54, 1.807) is 11.9 Å². The Hall–Kier alpha value is -2.04. The first-order valence-corrected chi connectivity index (χ1v) is 13.4. The number of hydrogen-bond donors (Lipinski definition) is 2. The van der Waals surface area contributed by atoms with Crippen LogP contribution < -0.4 is 10.6 Å². The van der Waals surface area contributed by atoms with E-state index in [1.165, 1.54) is 0 Å². The van der Waals surface area contributed by atoms with Gasteiger partial charge in [-0.15, -0.1) is 0 Å². The zero-order valence-electron chi connectivity index (χ0n) is 22.2. The number of hydrogen-bond acceptors (Lipinski definition) is 7. The molecule has 2 atom stereocenters. The van der Waals surface area contributed by atoms with E-state index in [0.717, 1.165) is 32.1 Å². The molecular formula is C26H45N3O7. The van der Waals surface area contributed by atoms with Gasteiger partial charge in [0.15, 0.2) is 0 Å². The summed E-state index contributed by atoms with van der Waals surface area (Å²) in [6.07, 6.45) is 4.92. The molecule has 1 aliphatic carbocycles. The highest BCUT2D eigenvalue weighted by atomic mass is 16.5. The molecule has 1 unspecified atom stereocenters. The van der Waals surface area contributed by atoms with Gasteiger partial charge in [-0.05, 0) is 32.1 Å². The van der Waals surface area contributed by atoms with E-state index in [-0.39, 0.29) is 47.9 Å². The molecule has 1 saturated carbocycles. The fourth-order valence-corrected chi connectivity index (χ4v) is 4.56. The highest BCUT2D eigenvalue weighted by Gasteiger charge is 2.32. The van der Waals surface area contributed by atoms with Crippen molar-refractivity contribution in [2.24, 2.45) is 17.8 Å². The maximum atomic E-state index is 12.3. The molecule has 10 nitrogen and oxygen atoms in total. The Morgan fingerprint density at radius 1 is 0.944 bits per heavy atom. The smallest absolute Gasteiger partial charge is 0.225 e. The Morgan fingerprint density at radius 3 is 2.14 bits per heavy atom. The van der Waals surface area contributed by atoms with Crippen molar-refractivity contribution in [2.75, 3.05) is 59.8 Å². The summed E-state index contributed by atoms with van der Waals surface area (Å²) in [6, 6.07) is 0.156. The van der Waals surface area contributed by atoms with E-state index in [2.05, 4.69) is 10.6 Å². The van der Waals surface area contributed by atoms with Crippen LogP contribution in [0, 0.1) is 17.8 Å². The maximum Gasteiger partial charge on any atom is 0.225 e. The monoisotopic (exact) mass is 511 g/mol. The number of nitrogens with one attached hydrogen (secondary N) is 2. The molecule has 2 fully saturated rings. The van der Waals surface area contributed by atoms with Crippen LogP contribution in [-0.2, 0) is 33.4 Å². The van der Waals surface area contributed by atoms with Gasteiger partial charge in [0.05, 0.1) is 45.6 Å². The molecule has 0 bridgehead atoms. The van der Waals surface area contributed by atoms with Gasteiger partial charge in [-0.3, -0.25) is 19.2 Å². The molecule has 0 radical (unpaired) electrons. The number of Topliss-reactive ketones (excluding diaryl/α,β-unsaturated/α-hetero) is 1. The first-order valence-electron chi connectivity index (χ1n) is 13.4. The van der Waals surface area contributed by atoms with Crippen LogP contribution in [0.2, 0.25) is 0 Å². The van der Waals surface area contributed by atoms with Crippen LogP contribution in [0.25, 0.3) is 0 Å². The van der Waals surface area contributed by atoms with Crippen molar-refractivity contribution in [1.82, 2.24) is 15.5 Å². The average Bonchev–Trinajstić information content (AvgIpc) is 3.22. The van der Waals surface area contributed by atoms with Gasteiger partial charge in [-0.1, -0.05) is 13.8 Å². The van der Waals surface area contributed by atoms with Gasteiger partial charge in [0.25, 0.3) is 0 Å². The van der Waals surface area contributed by atoms with E-state index in [1.807, 2.05) is 13.8 Å². The number of nitrogens with zero attached hydrogens (tertiary/aromatic N) is 1. The molecule has 0 aromatic carbocycles. The first-order chi connectivity index (χ1) is 17.3. The van der Waals surface area contributed by atoms with Crippen LogP contribution >= 0.6 is 0 Å². The lowest BCUT2D eigenvalue weighted by molar-refractivity contribution is -0.128. The van der Waals surface area contributed by atoms with Crippen molar-refractivity contribution in [2.45, 2.75) is 64.8 Å². The standard InChI is InChI=1S/C26H45N3O7/c1-4-19(2)25(32)20-5-7-22(8-6-20)28-23(30)9-11-34-13-15-36-16-14-35-12-10-27-26(33)21-17-24(31)29(3)18-21/h19-22H,4-18H2,1-3H3,(H,27,33)(H,28,30)/t19?,20?,21-,22?/m0/s1. The van der Waals surface area contributed by atoms with Crippen molar-refractivity contribution in [1.29, 1.82) is 0 Å². The molecule has 0 spiro atoms. The minimum Gasteiger partial charge on any atom is -0.379 e. The Bertz CT molecular complexity index is 710. The molecule has 0 aromatic heterocycles. The zero-order valence-corrected chi connectivity index (χ0v) is 22.2. The Balaban J connectivity index is 1.36. The second-order valence-electron chi connectivity index (χ2n) is 9.88. The quantitative estimate of drug-likeness (QED) is 0.282.